The molecule has 0 spiro atoms. The summed E-state index contributed by atoms with van der Waals surface area (Å²) in [6.45, 7) is 4.35. The molecular formula is C10H15N3. The molecule has 13 heavy (non-hydrogen) atoms. The minimum Gasteiger partial charge on any atom is -0.341 e. The molecule has 1 aromatic heterocycles. The Bertz CT molecular complexity index is 262. The van der Waals surface area contributed by atoms with E-state index in [0.29, 0.717) is 0 Å². The Morgan fingerprint density at radius 1 is 1.23 bits per heavy atom. The summed E-state index contributed by atoms with van der Waals surface area (Å²) in [6.07, 6.45) is 7.43. The third-order valence-corrected chi connectivity index (χ3v) is 2.49. The van der Waals surface area contributed by atoms with E-state index in [9.17, 15) is 0 Å². The average molecular weight is 177 g/mol. The van der Waals surface area contributed by atoms with Crippen LogP contribution >= 0.6 is 0 Å². The molecule has 70 valence electrons. The van der Waals surface area contributed by atoms with Gasteiger partial charge in [-0.1, -0.05) is 6.92 Å². The van der Waals surface area contributed by atoms with Gasteiger partial charge in [0, 0.05) is 25.5 Å². The molecule has 3 heteroatoms. The van der Waals surface area contributed by atoms with Crippen LogP contribution in [0, 0.1) is 0 Å². The predicted octanol–water partition coefficient (Wildman–Crippen LogP) is 1.64. The van der Waals surface area contributed by atoms with E-state index in [1.165, 1.54) is 18.4 Å². The Kier molecular flexibility index (Phi) is 2.43. The number of hydrogen-bond acceptors (Lipinski definition) is 3. The fourth-order valence-electron chi connectivity index (χ4n) is 1.61. The zero-order chi connectivity index (χ0) is 9.10. The molecule has 0 N–H and O–H groups in total. The zero-order valence-electron chi connectivity index (χ0n) is 8.03. The van der Waals surface area contributed by atoms with E-state index in [1.807, 2.05) is 12.4 Å². The van der Waals surface area contributed by atoms with E-state index < -0.39 is 0 Å². The molecule has 0 radical (unpaired) electrons. The van der Waals surface area contributed by atoms with Crippen molar-refractivity contribution >= 4 is 5.95 Å². The van der Waals surface area contributed by atoms with E-state index in [-0.39, 0.29) is 0 Å². The minimum absolute atomic E-state index is 0.898. The number of anilines is 1. The Morgan fingerprint density at radius 3 is 2.38 bits per heavy atom. The van der Waals surface area contributed by atoms with E-state index in [4.69, 9.17) is 0 Å². The van der Waals surface area contributed by atoms with Gasteiger partial charge in [-0.3, -0.25) is 0 Å². The number of nitrogens with zero attached hydrogens (tertiary/aromatic N) is 3. The van der Waals surface area contributed by atoms with Crippen LogP contribution in [0.3, 0.4) is 0 Å². The first-order chi connectivity index (χ1) is 6.40. The van der Waals surface area contributed by atoms with Gasteiger partial charge in [-0.15, -0.1) is 0 Å². The van der Waals surface area contributed by atoms with Crippen molar-refractivity contribution in [2.75, 3.05) is 18.0 Å². The Morgan fingerprint density at radius 2 is 1.85 bits per heavy atom. The van der Waals surface area contributed by atoms with Gasteiger partial charge in [0.1, 0.15) is 0 Å². The van der Waals surface area contributed by atoms with Crippen LogP contribution in [-0.2, 0) is 6.42 Å². The fourth-order valence-corrected chi connectivity index (χ4v) is 1.61. The standard InChI is InChI=1S/C10H15N3/c1-2-9-7-11-10(12-8-9)13-5-3-4-6-13/h7-8H,2-6H2,1H3. The molecule has 0 aliphatic carbocycles. The van der Waals surface area contributed by atoms with Crippen LogP contribution in [-0.4, -0.2) is 23.1 Å². The lowest BCUT2D eigenvalue weighted by Crippen LogP contribution is -2.20. The molecule has 3 nitrogen and oxygen atoms in total. The summed E-state index contributed by atoms with van der Waals surface area (Å²) in [5.41, 5.74) is 1.21. The van der Waals surface area contributed by atoms with Crippen molar-refractivity contribution < 1.29 is 0 Å². The summed E-state index contributed by atoms with van der Waals surface area (Å²) in [5, 5.41) is 0. The topological polar surface area (TPSA) is 29.0 Å². The molecule has 0 unspecified atom stereocenters. The van der Waals surface area contributed by atoms with Gasteiger partial charge in [-0.2, -0.15) is 0 Å². The molecule has 0 aromatic carbocycles. The molecular weight excluding hydrogens is 162 g/mol. The quantitative estimate of drug-likeness (QED) is 0.687. The zero-order valence-corrected chi connectivity index (χ0v) is 8.03. The molecule has 0 atom stereocenters. The van der Waals surface area contributed by atoms with Gasteiger partial charge in [0.05, 0.1) is 0 Å². The highest BCUT2D eigenvalue weighted by atomic mass is 15.3. The Balaban J connectivity index is 2.12. The lowest BCUT2D eigenvalue weighted by Gasteiger charge is -2.14. The molecule has 0 saturated carbocycles. The van der Waals surface area contributed by atoms with Gasteiger partial charge in [0.25, 0.3) is 0 Å². The molecule has 2 heterocycles. The summed E-state index contributed by atoms with van der Waals surface area (Å²) in [4.78, 5) is 10.9. The summed E-state index contributed by atoms with van der Waals surface area (Å²) in [6, 6.07) is 0. The van der Waals surface area contributed by atoms with Crippen molar-refractivity contribution in [3.63, 3.8) is 0 Å². The van der Waals surface area contributed by atoms with Gasteiger partial charge in [0.2, 0.25) is 5.95 Å². The first kappa shape index (κ1) is 8.48. The van der Waals surface area contributed by atoms with E-state index in [2.05, 4.69) is 21.8 Å². The largest absolute Gasteiger partial charge is 0.341 e. The second-order valence-electron chi connectivity index (χ2n) is 3.44. The van der Waals surface area contributed by atoms with E-state index >= 15 is 0 Å². The highest BCUT2D eigenvalue weighted by Crippen LogP contribution is 2.14. The third-order valence-electron chi connectivity index (χ3n) is 2.49. The SMILES string of the molecule is CCc1cnc(N2CCCC2)nc1. The van der Waals surface area contributed by atoms with Crippen molar-refractivity contribution in [1.29, 1.82) is 0 Å². The van der Waals surface area contributed by atoms with E-state index in [1.54, 1.807) is 0 Å². The predicted molar refractivity (Wildman–Crippen MR) is 52.9 cm³/mol. The molecule has 1 aliphatic rings. The van der Waals surface area contributed by atoms with Gasteiger partial charge >= 0.3 is 0 Å². The van der Waals surface area contributed by atoms with Gasteiger partial charge < -0.3 is 4.90 Å². The van der Waals surface area contributed by atoms with E-state index in [0.717, 1.165) is 25.5 Å². The molecule has 1 fully saturated rings. The van der Waals surface area contributed by atoms with Crippen molar-refractivity contribution in [3.8, 4) is 0 Å². The average Bonchev–Trinajstić information content (AvgIpc) is 2.71. The maximum atomic E-state index is 4.35. The summed E-state index contributed by atoms with van der Waals surface area (Å²) in [5.74, 6) is 0.898. The lowest BCUT2D eigenvalue weighted by atomic mass is 10.3. The molecule has 1 saturated heterocycles. The maximum Gasteiger partial charge on any atom is 0.225 e. The van der Waals surface area contributed by atoms with Crippen LogP contribution in [0.5, 0.6) is 0 Å². The molecule has 0 amide bonds. The fraction of sp³-hybridized carbons (Fsp3) is 0.600. The van der Waals surface area contributed by atoms with Crippen molar-refractivity contribution in [3.05, 3.63) is 18.0 Å². The van der Waals surface area contributed by atoms with Crippen LogP contribution in [0.15, 0.2) is 12.4 Å². The van der Waals surface area contributed by atoms with Crippen molar-refractivity contribution in [2.45, 2.75) is 26.2 Å². The second kappa shape index (κ2) is 3.73. The summed E-state index contributed by atoms with van der Waals surface area (Å²) < 4.78 is 0. The second-order valence-corrected chi connectivity index (χ2v) is 3.44. The molecule has 1 aliphatic heterocycles. The number of aromatic nitrogens is 2. The minimum atomic E-state index is 0.898. The number of aryl methyl sites for hydroxylation is 1. The van der Waals surface area contributed by atoms with Crippen LogP contribution in [0.1, 0.15) is 25.3 Å². The van der Waals surface area contributed by atoms with Crippen LogP contribution in [0.4, 0.5) is 5.95 Å². The van der Waals surface area contributed by atoms with Gasteiger partial charge in [-0.05, 0) is 24.8 Å². The molecule has 2 rings (SSSR count). The first-order valence-corrected chi connectivity index (χ1v) is 4.96. The number of rotatable bonds is 2. The van der Waals surface area contributed by atoms with Crippen molar-refractivity contribution in [2.24, 2.45) is 0 Å². The maximum absolute atomic E-state index is 4.35. The Hall–Kier alpha value is -1.12. The van der Waals surface area contributed by atoms with Crippen molar-refractivity contribution in [1.82, 2.24) is 9.97 Å². The summed E-state index contributed by atoms with van der Waals surface area (Å²) in [7, 11) is 0. The van der Waals surface area contributed by atoms with Crippen LogP contribution in [0.2, 0.25) is 0 Å². The smallest absolute Gasteiger partial charge is 0.225 e. The molecule has 1 aromatic rings. The Labute approximate surface area is 78.8 Å². The highest BCUT2D eigenvalue weighted by Gasteiger charge is 2.13. The molecule has 0 bridgehead atoms. The first-order valence-electron chi connectivity index (χ1n) is 4.96. The van der Waals surface area contributed by atoms with Gasteiger partial charge in [0.15, 0.2) is 0 Å². The lowest BCUT2D eigenvalue weighted by molar-refractivity contribution is 0.888. The van der Waals surface area contributed by atoms with Crippen LogP contribution < -0.4 is 4.90 Å². The highest BCUT2D eigenvalue weighted by molar-refractivity contribution is 5.30. The summed E-state index contributed by atoms with van der Waals surface area (Å²) >= 11 is 0. The monoisotopic (exact) mass is 177 g/mol. The third kappa shape index (κ3) is 1.79. The van der Waals surface area contributed by atoms with Crippen LogP contribution in [0.25, 0.3) is 0 Å². The number of hydrogen-bond donors (Lipinski definition) is 0. The van der Waals surface area contributed by atoms with Gasteiger partial charge in [-0.25, -0.2) is 9.97 Å². The normalized spacial score (nSPS) is 16.5.